The maximum absolute atomic E-state index is 11.7. The van der Waals surface area contributed by atoms with Crippen LogP contribution < -0.4 is 0 Å². The number of hydrogen-bond acceptors (Lipinski definition) is 4. The molecule has 0 bridgehead atoms. The predicted octanol–water partition coefficient (Wildman–Crippen LogP) is 0.778. The van der Waals surface area contributed by atoms with Gasteiger partial charge >= 0.3 is 6.09 Å². The number of nitrogens with zero attached hydrogens (tertiary/aromatic N) is 2. The van der Waals surface area contributed by atoms with Gasteiger partial charge < -0.3 is 9.64 Å². The summed E-state index contributed by atoms with van der Waals surface area (Å²) in [6.45, 7) is 6.85. The van der Waals surface area contributed by atoms with Crippen molar-refractivity contribution < 1.29 is 19.1 Å². The summed E-state index contributed by atoms with van der Waals surface area (Å²) < 4.78 is 5.23. The van der Waals surface area contributed by atoms with Crippen molar-refractivity contribution in [1.82, 2.24) is 9.80 Å². The summed E-state index contributed by atoms with van der Waals surface area (Å²) in [7, 11) is 0. The van der Waals surface area contributed by atoms with E-state index >= 15 is 0 Å². The molecule has 0 aromatic heterocycles. The molecule has 0 radical (unpaired) electrons. The predicted molar refractivity (Wildman–Crippen MR) is 67.2 cm³/mol. The lowest BCUT2D eigenvalue weighted by Crippen LogP contribution is -2.55. The molecule has 0 aromatic rings. The van der Waals surface area contributed by atoms with Crippen molar-refractivity contribution >= 4 is 17.9 Å². The Bertz CT molecular complexity index is 426. The van der Waals surface area contributed by atoms with E-state index in [-0.39, 0.29) is 23.8 Å². The Labute approximate surface area is 112 Å². The van der Waals surface area contributed by atoms with Crippen LogP contribution in [0.2, 0.25) is 0 Å². The Morgan fingerprint density at radius 3 is 2.26 bits per heavy atom. The Morgan fingerprint density at radius 1 is 1.26 bits per heavy atom. The third-order valence-electron chi connectivity index (χ3n) is 2.95. The SMILES string of the molecule is CC(C)(C)OC(=O)N1CC(CN2C(=O)C=CC2=O)C1. The number of ether oxygens (including phenoxy) is 1. The summed E-state index contributed by atoms with van der Waals surface area (Å²) in [5.74, 6) is -0.415. The molecule has 3 amide bonds. The van der Waals surface area contributed by atoms with Gasteiger partial charge in [-0.2, -0.15) is 0 Å². The van der Waals surface area contributed by atoms with E-state index in [1.54, 1.807) is 4.90 Å². The first-order chi connectivity index (χ1) is 8.76. The van der Waals surface area contributed by atoms with Gasteiger partial charge in [0, 0.05) is 37.7 Å². The number of carbonyl (C=O) groups is 3. The van der Waals surface area contributed by atoms with E-state index in [9.17, 15) is 14.4 Å². The van der Waals surface area contributed by atoms with E-state index in [1.165, 1.54) is 17.1 Å². The zero-order chi connectivity index (χ0) is 14.2. The quantitative estimate of drug-likeness (QED) is 0.693. The van der Waals surface area contributed by atoms with Gasteiger partial charge in [0.15, 0.2) is 0 Å². The molecule has 0 aliphatic carbocycles. The van der Waals surface area contributed by atoms with Crippen LogP contribution in [0.4, 0.5) is 4.79 Å². The molecule has 2 heterocycles. The molecule has 0 unspecified atom stereocenters. The van der Waals surface area contributed by atoms with Crippen LogP contribution >= 0.6 is 0 Å². The summed E-state index contributed by atoms with van der Waals surface area (Å²) in [5.41, 5.74) is -0.507. The molecule has 6 heteroatoms. The minimum Gasteiger partial charge on any atom is -0.444 e. The topological polar surface area (TPSA) is 66.9 Å². The fourth-order valence-corrected chi connectivity index (χ4v) is 2.03. The molecule has 1 fully saturated rings. The summed E-state index contributed by atoms with van der Waals surface area (Å²) in [6.07, 6.45) is 2.19. The largest absolute Gasteiger partial charge is 0.444 e. The van der Waals surface area contributed by atoms with E-state index in [2.05, 4.69) is 0 Å². The Kier molecular flexibility index (Phi) is 3.34. The van der Waals surface area contributed by atoms with Crippen LogP contribution in [0.1, 0.15) is 20.8 Å². The Balaban J connectivity index is 1.76. The summed E-state index contributed by atoms with van der Waals surface area (Å²) in [4.78, 5) is 37.2. The monoisotopic (exact) mass is 266 g/mol. The van der Waals surface area contributed by atoms with Gasteiger partial charge in [0.05, 0.1) is 0 Å². The van der Waals surface area contributed by atoms with Crippen molar-refractivity contribution in [2.75, 3.05) is 19.6 Å². The van der Waals surface area contributed by atoms with Gasteiger partial charge in [-0.05, 0) is 20.8 Å². The average molecular weight is 266 g/mol. The van der Waals surface area contributed by atoms with Gasteiger partial charge in [-0.1, -0.05) is 0 Å². The smallest absolute Gasteiger partial charge is 0.410 e. The molecule has 0 saturated carbocycles. The van der Waals surface area contributed by atoms with Crippen LogP contribution in [0.3, 0.4) is 0 Å². The molecule has 6 nitrogen and oxygen atoms in total. The zero-order valence-corrected chi connectivity index (χ0v) is 11.4. The Morgan fingerprint density at radius 2 is 1.79 bits per heavy atom. The number of amides is 3. The number of carbonyl (C=O) groups excluding carboxylic acids is 3. The third-order valence-corrected chi connectivity index (χ3v) is 2.95. The van der Waals surface area contributed by atoms with E-state index < -0.39 is 5.60 Å². The first-order valence-electron chi connectivity index (χ1n) is 6.28. The highest BCUT2D eigenvalue weighted by atomic mass is 16.6. The van der Waals surface area contributed by atoms with Gasteiger partial charge in [0.2, 0.25) is 0 Å². The maximum Gasteiger partial charge on any atom is 0.410 e. The highest BCUT2D eigenvalue weighted by Gasteiger charge is 2.37. The Hall–Kier alpha value is -1.85. The molecule has 19 heavy (non-hydrogen) atoms. The second kappa shape index (κ2) is 4.68. The summed E-state index contributed by atoms with van der Waals surface area (Å²) >= 11 is 0. The fourth-order valence-electron chi connectivity index (χ4n) is 2.03. The maximum atomic E-state index is 11.7. The minimum atomic E-state index is -0.507. The van der Waals surface area contributed by atoms with E-state index in [4.69, 9.17) is 4.74 Å². The molecule has 104 valence electrons. The zero-order valence-electron chi connectivity index (χ0n) is 11.4. The van der Waals surface area contributed by atoms with Crippen LogP contribution in [0.15, 0.2) is 12.2 Å². The van der Waals surface area contributed by atoms with Gasteiger partial charge in [-0.25, -0.2) is 4.79 Å². The summed E-state index contributed by atoms with van der Waals surface area (Å²) in [5, 5.41) is 0. The van der Waals surface area contributed by atoms with Gasteiger partial charge in [0.25, 0.3) is 11.8 Å². The molecule has 0 atom stereocenters. The molecule has 0 N–H and O–H groups in total. The van der Waals surface area contributed by atoms with Crippen molar-refractivity contribution in [3.8, 4) is 0 Å². The van der Waals surface area contributed by atoms with Crippen LogP contribution in [0.25, 0.3) is 0 Å². The van der Waals surface area contributed by atoms with E-state index in [0.29, 0.717) is 19.6 Å². The van der Waals surface area contributed by atoms with E-state index in [1.807, 2.05) is 20.8 Å². The van der Waals surface area contributed by atoms with Crippen LogP contribution in [0.5, 0.6) is 0 Å². The summed E-state index contributed by atoms with van der Waals surface area (Å²) in [6, 6.07) is 0. The van der Waals surface area contributed by atoms with Crippen LogP contribution in [0, 0.1) is 5.92 Å². The second-order valence-corrected chi connectivity index (χ2v) is 5.87. The molecule has 0 spiro atoms. The third kappa shape index (κ3) is 3.13. The molecular formula is C13H18N2O4. The van der Waals surface area contributed by atoms with Crippen LogP contribution in [-0.2, 0) is 14.3 Å². The first kappa shape index (κ1) is 13.6. The van der Waals surface area contributed by atoms with Crippen molar-refractivity contribution in [2.45, 2.75) is 26.4 Å². The highest BCUT2D eigenvalue weighted by molar-refractivity contribution is 6.12. The molecule has 1 saturated heterocycles. The van der Waals surface area contributed by atoms with Gasteiger partial charge in [0.1, 0.15) is 5.60 Å². The number of imide groups is 1. The van der Waals surface area contributed by atoms with Gasteiger partial charge in [-0.3, -0.25) is 14.5 Å². The lowest BCUT2D eigenvalue weighted by Gasteiger charge is -2.40. The molecular weight excluding hydrogens is 248 g/mol. The lowest BCUT2D eigenvalue weighted by molar-refractivity contribution is -0.138. The van der Waals surface area contributed by atoms with Gasteiger partial charge in [-0.15, -0.1) is 0 Å². The molecule has 2 rings (SSSR count). The number of rotatable bonds is 2. The molecule has 0 aromatic carbocycles. The minimum absolute atomic E-state index is 0.139. The lowest BCUT2D eigenvalue weighted by atomic mass is 10.0. The average Bonchev–Trinajstić information content (AvgIpc) is 2.50. The number of likely N-dealkylation sites (tertiary alicyclic amines) is 1. The van der Waals surface area contributed by atoms with Crippen molar-refractivity contribution in [1.29, 1.82) is 0 Å². The van der Waals surface area contributed by atoms with E-state index in [0.717, 1.165) is 0 Å². The first-order valence-corrected chi connectivity index (χ1v) is 6.28. The normalized spacial score (nSPS) is 19.9. The number of hydrogen-bond donors (Lipinski definition) is 0. The fraction of sp³-hybridized carbons (Fsp3) is 0.615. The molecule has 2 aliphatic rings. The second-order valence-electron chi connectivity index (χ2n) is 5.87. The van der Waals surface area contributed by atoms with Crippen molar-refractivity contribution in [2.24, 2.45) is 5.92 Å². The standard InChI is InChI=1S/C13H18N2O4/c1-13(2,3)19-12(18)14-6-9(7-14)8-15-10(16)4-5-11(15)17/h4-5,9H,6-8H2,1-3H3. The van der Waals surface area contributed by atoms with Crippen molar-refractivity contribution in [3.63, 3.8) is 0 Å². The highest BCUT2D eigenvalue weighted by Crippen LogP contribution is 2.21. The molecule has 2 aliphatic heterocycles. The van der Waals surface area contributed by atoms with Crippen LogP contribution in [-0.4, -0.2) is 52.9 Å². The van der Waals surface area contributed by atoms with Crippen molar-refractivity contribution in [3.05, 3.63) is 12.2 Å².